The highest BCUT2D eigenvalue weighted by Crippen LogP contribution is 2.25. The maximum atomic E-state index is 12.9. The maximum absolute atomic E-state index is 12.9. The summed E-state index contributed by atoms with van der Waals surface area (Å²) < 4.78 is 28.4. The van der Waals surface area contributed by atoms with Gasteiger partial charge in [-0.2, -0.15) is 0 Å². The first-order valence-corrected chi connectivity index (χ1v) is 11.3. The second kappa shape index (κ2) is 9.71. The van der Waals surface area contributed by atoms with E-state index < -0.39 is 16.0 Å². The topological polar surface area (TPSA) is 95.5 Å². The average Bonchev–Trinajstić information content (AvgIpc) is 2.74. The number of rotatable bonds is 9. The van der Waals surface area contributed by atoms with E-state index in [9.17, 15) is 18.3 Å². The quantitative estimate of drug-likeness (QED) is 0.536. The van der Waals surface area contributed by atoms with Gasteiger partial charge in [0.2, 0.25) is 10.0 Å². The minimum atomic E-state index is -3.89. The van der Waals surface area contributed by atoms with Crippen LogP contribution in [0.25, 0.3) is 0 Å². The van der Waals surface area contributed by atoms with Gasteiger partial charge in [-0.05, 0) is 55.9 Å². The summed E-state index contributed by atoms with van der Waals surface area (Å²) in [6.45, 7) is 0.728. The van der Waals surface area contributed by atoms with Crippen LogP contribution in [-0.2, 0) is 16.6 Å². The highest BCUT2D eigenvalue weighted by Gasteiger charge is 2.21. The highest BCUT2D eigenvalue weighted by atomic mass is 32.2. The number of hydrogen-bond acceptors (Lipinski definition) is 4. The van der Waals surface area contributed by atoms with Crippen LogP contribution in [0.1, 0.15) is 48.0 Å². The van der Waals surface area contributed by atoms with Crippen LogP contribution in [0.2, 0.25) is 0 Å². The standard InChI is InChI=1S/C22H26N2O4S/c25-22(26)19-11-12-20(23-14-13-17-7-3-1-4-8-17)21(15-19)29(27,28)24-16-18-9-5-2-6-10-18/h2,5-7,9-12,15,23-24H,1,3-4,8,13-14,16H2,(H,25,26). The van der Waals surface area contributed by atoms with Gasteiger partial charge in [-0.25, -0.2) is 17.9 Å². The van der Waals surface area contributed by atoms with Gasteiger partial charge < -0.3 is 10.4 Å². The molecule has 6 nitrogen and oxygen atoms in total. The zero-order valence-electron chi connectivity index (χ0n) is 16.2. The molecule has 0 aromatic heterocycles. The third-order valence-corrected chi connectivity index (χ3v) is 6.41. The predicted octanol–water partition coefficient (Wildman–Crippen LogP) is 4.17. The zero-order valence-corrected chi connectivity index (χ0v) is 17.0. The van der Waals surface area contributed by atoms with Gasteiger partial charge in [0.05, 0.1) is 11.3 Å². The summed E-state index contributed by atoms with van der Waals surface area (Å²) in [5, 5.41) is 12.5. The van der Waals surface area contributed by atoms with Gasteiger partial charge in [0, 0.05) is 13.1 Å². The van der Waals surface area contributed by atoms with Crippen molar-refractivity contribution >= 4 is 21.7 Å². The molecule has 2 aromatic carbocycles. The van der Waals surface area contributed by atoms with Crippen molar-refractivity contribution in [1.29, 1.82) is 0 Å². The van der Waals surface area contributed by atoms with Crippen molar-refractivity contribution in [2.24, 2.45) is 0 Å². The number of hydrogen-bond donors (Lipinski definition) is 3. The fraction of sp³-hybridized carbons (Fsp3) is 0.318. The number of allylic oxidation sites excluding steroid dienone is 1. The maximum Gasteiger partial charge on any atom is 0.335 e. The molecular formula is C22H26N2O4S. The van der Waals surface area contributed by atoms with Gasteiger partial charge in [-0.3, -0.25) is 0 Å². The fourth-order valence-corrected chi connectivity index (χ4v) is 4.59. The van der Waals surface area contributed by atoms with Gasteiger partial charge in [0.1, 0.15) is 4.90 Å². The summed E-state index contributed by atoms with van der Waals surface area (Å²) in [5.74, 6) is -1.16. The van der Waals surface area contributed by atoms with E-state index in [0.717, 1.165) is 24.8 Å². The van der Waals surface area contributed by atoms with Crippen LogP contribution in [0, 0.1) is 0 Å². The molecule has 2 aromatic rings. The number of anilines is 1. The van der Waals surface area contributed by atoms with E-state index in [0.29, 0.717) is 12.2 Å². The van der Waals surface area contributed by atoms with E-state index in [1.807, 2.05) is 30.3 Å². The lowest BCUT2D eigenvalue weighted by Gasteiger charge is -2.16. The molecule has 1 aliphatic carbocycles. The van der Waals surface area contributed by atoms with Crippen LogP contribution in [0.3, 0.4) is 0 Å². The van der Waals surface area contributed by atoms with Crippen molar-refractivity contribution in [3.05, 3.63) is 71.3 Å². The molecule has 7 heteroatoms. The third kappa shape index (κ3) is 5.92. The number of carboxylic acids is 1. The first-order valence-electron chi connectivity index (χ1n) is 9.78. The van der Waals surface area contributed by atoms with Crippen molar-refractivity contribution in [2.45, 2.75) is 43.5 Å². The summed E-state index contributed by atoms with van der Waals surface area (Å²) in [6, 6.07) is 13.3. The minimum absolute atomic E-state index is 0.0500. The van der Waals surface area contributed by atoms with Crippen molar-refractivity contribution in [3.8, 4) is 0 Å². The van der Waals surface area contributed by atoms with Gasteiger partial charge in [0.15, 0.2) is 0 Å². The summed E-state index contributed by atoms with van der Waals surface area (Å²) in [7, 11) is -3.89. The van der Waals surface area contributed by atoms with Gasteiger partial charge in [-0.15, -0.1) is 0 Å². The summed E-state index contributed by atoms with van der Waals surface area (Å²) >= 11 is 0. The van der Waals surface area contributed by atoms with Crippen LogP contribution >= 0.6 is 0 Å². The summed E-state index contributed by atoms with van der Waals surface area (Å²) in [5.41, 5.74) is 2.55. The Morgan fingerprint density at radius 3 is 2.55 bits per heavy atom. The Bertz CT molecular complexity index is 985. The molecule has 0 saturated carbocycles. The molecule has 0 amide bonds. The normalized spacial score (nSPS) is 14.3. The van der Waals surface area contributed by atoms with Crippen LogP contribution in [0.15, 0.2) is 65.1 Å². The molecule has 0 heterocycles. The Morgan fingerprint density at radius 2 is 1.86 bits per heavy atom. The molecular weight excluding hydrogens is 388 g/mol. The van der Waals surface area contributed by atoms with Crippen molar-refractivity contribution in [2.75, 3.05) is 11.9 Å². The number of sulfonamides is 1. The monoisotopic (exact) mass is 414 g/mol. The summed E-state index contributed by atoms with van der Waals surface area (Å²) in [6.07, 6.45) is 7.72. The first-order chi connectivity index (χ1) is 14.0. The summed E-state index contributed by atoms with van der Waals surface area (Å²) in [4.78, 5) is 11.3. The molecule has 0 atom stereocenters. The Balaban J connectivity index is 1.77. The van der Waals surface area contributed by atoms with Crippen LogP contribution in [-0.4, -0.2) is 26.0 Å². The number of nitrogens with one attached hydrogen (secondary N) is 2. The lowest BCUT2D eigenvalue weighted by molar-refractivity contribution is 0.0696. The molecule has 0 saturated heterocycles. The number of carbonyl (C=O) groups is 1. The second-order valence-electron chi connectivity index (χ2n) is 7.11. The second-order valence-corrected chi connectivity index (χ2v) is 8.85. The first kappa shape index (κ1) is 21.1. The van der Waals surface area contributed by atoms with Crippen molar-refractivity contribution < 1.29 is 18.3 Å². The van der Waals surface area contributed by atoms with E-state index in [1.54, 1.807) is 0 Å². The van der Waals surface area contributed by atoms with Gasteiger partial charge in [0.25, 0.3) is 0 Å². The van der Waals surface area contributed by atoms with E-state index in [4.69, 9.17) is 0 Å². The molecule has 154 valence electrons. The van der Waals surface area contributed by atoms with Crippen molar-refractivity contribution in [1.82, 2.24) is 4.72 Å². The molecule has 0 fully saturated rings. The Morgan fingerprint density at radius 1 is 1.07 bits per heavy atom. The minimum Gasteiger partial charge on any atom is -0.478 e. The predicted molar refractivity (Wildman–Crippen MR) is 114 cm³/mol. The number of carboxylic acid groups (broad SMARTS) is 1. The molecule has 3 rings (SSSR count). The Labute approximate surface area is 171 Å². The molecule has 0 radical (unpaired) electrons. The number of benzene rings is 2. The molecule has 1 aliphatic rings. The van der Waals surface area contributed by atoms with E-state index in [1.165, 1.54) is 36.6 Å². The van der Waals surface area contributed by atoms with Crippen molar-refractivity contribution in [3.63, 3.8) is 0 Å². The highest BCUT2D eigenvalue weighted by molar-refractivity contribution is 7.89. The fourth-order valence-electron chi connectivity index (χ4n) is 3.37. The lowest BCUT2D eigenvalue weighted by atomic mass is 9.97. The Kier molecular flexibility index (Phi) is 7.06. The Hall–Kier alpha value is -2.64. The van der Waals surface area contributed by atoms with Gasteiger partial charge >= 0.3 is 5.97 Å². The average molecular weight is 415 g/mol. The smallest absolute Gasteiger partial charge is 0.335 e. The third-order valence-electron chi connectivity index (χ3n) is 4.97. The van der Waals surface area contributed by atoms with Crippen LogP contribution in [0.5, 0.6) is 0 Å². The molecule has 29 heavy (non-hydrogen) atoms. The molecule has 0 aliphatic heterocycles. The van der Waals surface area contributed by atoms with Gasteiger partial charge in [-0.1, -0.05) is 42.0 Å². The molecule has 0 unspecified atom stereocenters. The molecule has 3 N–H and O–H groups in total. The number of aromatic carboxylic acids is 1. The molecule has 0 bridgehead atoms. The molecule has 0 spiro atoms. The van der Waals surface area contributed by atoms with E-state index in [2.05, 4.69) is 16.1 Å². The van der Waals surface area contributed by atoms with Crippen LogP contribution < -0.4 is 10.0 Å². The van der Waals surface area contributed by atoms with Crippen LogP contribution in [0.4, 0.5) is 5.69 Å². The van der Waals surface area contributed by atoms with E-state index >= 15 is 0 Å². The SMILES string of the molecule is O=C(O)c1ccc(NCCC2=CCCCC2)c(S(=O)(=O)NCc2ccccc2)c1. The zero-order chi connectivity index (χ0) is 20.7. The largest absolute Gasteiger partial charge is 0.478 e. The van der Waals surface area contributed by atoms with E-state index in [-0.39, 0.29) is 17.0 Å². The lowest BCUT2D eigenvalue weighted by Crippen LogP contribution is -2.25.